The lowest BCUT2D eigenvalue weighted by atomic mass is 10.2. The van der Waals surface area contributed by atoms with Gasteiger partial charge in [-0.05, 0) is 25.1 Å². The minimum absolute atomic E-state index is 0.155. The van der Waals surface area contributed by atoms with E-state index in [1.54, 1.807) is 0 Å². The predicted molar refractivity (Wildman–Crippen MR) is 73.3 cm³/mol. The minimum atomic E-state index is -0.155. The van der Waals surface area contributed by atoms with Crippen molar-refractivity contribution in [2.75, 3.05) is 19.6 Å². The molecule has 0 aromatic heterocycles. The monoisotopic (exact) mass is 302 g/mol. The first kappa shape index (κ1) is 14.6. The molecule has 0 aliphatic rings. The molecule has 0 bridgehead atoms. The summed E-state index contributed by atoms with van der Waals surface area (Å²) in [5, 5.41) is 0. The molecule has 0 fully saturated rings. The number of benzene rings is 1. The highest BCUT2D eigenvalue weighted by molar-refractivity contribution is 9.10. The van der Waals surface area contributed by atoms with E-state index in [-0.39, 0.29) is 5.82 Å². The molecule has 0 unspecified atom stereocenters. The number of rotatable bonds is 7. The van der Waals surface area contributed by atoms with Gasteiger partial charge in [0.1, 0.15) is 5.82 Å². The number of nitrogens with zero attached hydrogens (tertiary/aromatic N) is 1. The Hall–Kier alpha value is -0.450. The second kappa shape index (κ2) is 7.80. The number of halogens is 2. The van der Waals surface area contributed by atoms with E-state index < -0.39 is 0 Å². The second-order valence-corrected chi connectivity index (χ2v) is 5.07. The van der Waals surface area contributed by atoms with E-state index in [9.17, 15) is 4.39 Å². The summed E-state index contributed by atoms with van der Waals surface area (Å²) in [6, 6.07) is 5.21. The maximum atomic E-state index is 13.7. The summed E-state index contributed by atoms with van der Waals surface area (Å²) < 4.78 is 14.5. The molecule has 0 saturated carbocycles. The zero-order chi connectivity index (χ0) is 12.7. The van der Waals surface area contributed by atoms with E-state index in [2.05, 4.69) is 27.8 Å². The van der Waals surface area contributed by atoms with Gasteiger partial charge in [0.2, 0.25) is 0 Å². The number of unbranched alkanes of at least 4 members (excludes halogenated alkanes) is 1. The van der Waals surface area contributed by atoms with Gasteiger partial charge in [-0.15, -0.1) is 0 Å². The Labute approximate surface area is 111 Å². The summed E-state index contributed by atoms with van der Waals surface area (Å²) in [5.41, 5.74) is 6.31. The molecule has 0 spiro atoms. The molecular weight excluding hydrogens is 283 g/mol. The fourth-order valence-electron chi connectivity index (χ4n) is 1.73. The Bertz CT molecular complexity index is 344. The zero-order valence-electron chi connectivity index (χ0n) is 10.3. The Morgan fingerprint density at radius 3 is 2.71 bits per heavy atom. The third-order valence-electron chi connectivity index (χ3n) is 2.68. The van der Waals surface area contributed by atoms with Gasteiger partial charge in [0.05, 0.1) is 0 Å². The van der Waals surface area contributed by atoms with Crippen molar-refractivity contribution in [1.82, 2.24) is 4.90 Å². The largest absolute Gasteiger partial charge is 0.329 e. The zero-order valence-corrected chi connectivity index (χ0v) is 11.8. The van der Waals surface area contributed by atoms with Crippen molar-refractivity contribution in [2.24, 2.45) is 5.73 Å². The van der Waals surface area contributed by atoms with Gasteiger partial charge in [-0.3, -0.25) is 4.90 Å². The van der Waals surface area contributed by atoms with Crippen LogP contribution >= 0.6 is 15.9 Å². The van der Waals surface area contributed by atoms with Crippen LogP contribution in [-0.4, -0.2) is 24.5 Å². The maximum Gasteiger partial charge on any atom is 0.128 e. The van der Waals surface area contributed by atoms with E-state index in [0.29, 0.717) is 13.1 Å². The first-order valence-electron chi connectivity index (χ1n) is 6.03. The molecule has 96 valence electrons. The lowest BCUT2D eigenvalue weighted by Gasteiger charge is -2.21. The van der Waals surface area contributed by atoms with Gasteiger partial charge < -0.3 is 5.73 Å². The van der Waals surface area contributed by atoms with Gasteiger partial charge >= 0.3 is 0 Å². The highest BCUT2D eigenvalue weighted by Gasteiger charge is 2.08. The normalized spacial score (nSPS) is 11.1. The SMILES string of the molecule is CCCCN(CCN)Cc1ccc(Br)cc1F. The maximum absolute atomic E-state index is 13.7. The van der Waals surface area contributed by atoms with Crippen molar-refractivity contribution < 1.29 is 4.39 Å². The molecule has 1 aromatic rings. The van der Waals surface area contributed by atoms with Gasteiger partial charge in [0.15, 0.2) is 0 Å². The summed E-state index contributed by atoms with van der Waals surface area (Å²) in [5.74, 6) is -0.155. The molecule has 0 amide bonds. The van der Waals surface area contributed by atoms with Crippen molar-refractivity contribution in [1.29, 1.82) is 0 Å². The van der Waals surface area contributed by atoms with Crippen LogP contribution < -0.4 is 5.73 Å². The number of hydrogen-bond acceptors (Lipinski definition) is 2. The Kier molecular flexibility index (Phi) is 6.70. The van der Waals surface area contributed by atoms with Crippen LogP contribution in [0.1, 0.15) is 25.3 Å². The molecule has 0 saturated heterocycles. The number of nitrogens with two attached hydrogens (primary N) is 1. The fourth-order valence-corrected chi connectivity index (χ4v) is 2.06. The molecule has 0 radical (unpaired) electrons. The highest BCUT2D eigenvalue weighted by Crippen LogP contribution is 2.16. The fraction of sp³-hybridized carbons (Fsp3) is 0.538. The molecule has 1 aromatic carbocycles. The molecule has 0 heterocycles. The standard InChI is InChI=1S/C13H20BrFN2/c1-2-3-7-17(8-6-16)10-11-4-5-12(14)9-13(11)15/h4-5,9H,2-3,6-8,10,16H2,1H3. The average Bonchev–Trinajstić information content (AvgIpc) is 2.29. The Morgan fingerprint density at radius 2 is 2.12 bits per heavy atom. The van der Waals surface area contributed by atoms with E-state index >= 15 is 0 Å². The first-order valence-corrected chi connectivity index (χ1v) is 6.83. The van der Waals surface area contributed by atoms with Gasteiger partial charge in [0.25, 0.3) is 0 Å². The summed E-state index contributed by atoms with van der Waals surface area (Å²) in [6.07, 6.45) is 2.27. The van der Waals surface area contributed by atoms with Crippen LogP contribution in [0.3, 0.4) is 0 Å². The summed E-state index contributed by atoms with van der Waals surface area (Å²) in [4.78, 5) is 2.20. The van der Waals surface area contributed by atoms with Gasteiger partial charge in [-0.1, -0.05) is 35.3 Å². The molecule has 17 heavy (non-hydrogen) atoms. The van der Waals surface area contributed by atoms with Crippen molar-refractivity contribution >= 4 is 15.9 Å². The lowest BCUT2D eigenvalue weighted by Crippen LogP contribution is -2.30. The van der Waals surface area contributed by atoms with E-state index in [0.717, 1.165) is 36.0 Å². The Morgan fingerprint density at radius 1 is 1.35 bits per heavy atom. The molecule has 1 rings (SSSR count). The van der Waals surface area contributed by atoms with Crippen molar-refractivity contribution in [3.8, 4) is 0 Å². The van der Waals surface area contributed by atoms with Gasteiger partial charge in [-0.25, -0.2) is 4.39 Å². The third kappa shape index (κ3) is 5.15. The summed E-state index contributed by atoms with van der Waals surface area (Å²) in [7, 11) is 0. The minimum Gasteiger partial charge on any atom is -0.329 e. The van der Waals surface area contributed by atoms with Gasteiger partial charge in [0, 0.05) is 29.7 Å². The third-order valence-corrected chi connectivity index (χ3v) is 3.18. The first-order chi connectivity index (χ1) is 8.17. The van der Waals surface area contributed by atoms with Crippen LogP contribution in [0.2, 0.25) is 0 Å². The molecule has 4 heteroatoms. The quantitative estimate of drug-likeness (QED) is 0.838. The van der Waals surface area contributed by atoms with Crippen LogP contribution in [0.5, 0.6) is 0 Å². The topological polar surface area (TPSA) is 29.3 Å². The highest BCUT2D eigenvalue weighted by atomic mass is 79.9. The van der Waals surface area contributed by atoms with E-state index in [4.69, 9.17) is 5.73 Å². The van der Waals surface area contributed by atoms with E-state index in [1.165, 1.54) is 6.07 Å². The average molecular weight is 303 g/mol. The molecule has 2 nitrogen and oxygen atoms in total. The van der Waals surface area contributed by atoms with Crippen molar-refractivity contribution in [3.05, 3.63) is 34.1 Å². The summed E-state index contributed by atoms with van der Waals surface area (Å²) in [6.45, 7) is 5.19. The molecule has 0 atom stereocenters. The van der Waals surface area contributed by atoms with Crippen molar-refractivity contribution in [3.63, 3.8) is 0 Å². The number of hydrogen-bond donors (Lipinski definition) is 1. The molecule has 2 N–H and O–H groups in total. The predicted octanol–water partition coefficient (Wildman–Crippen LogP) is 3.15. The smallest absolute Gasteiger partial charge is 0.128 e. The van der Waals surface area contributed by atoms with Crippen LogP contribution in [-0.2, 0) is 6.54 Å². The second-order valence-electron chi connectivity index (χ2n) is 4.15. The van der Waals surface area contributed by atoms with Gasteiger partial charge in [-0.2, -0.15) is 0 Å². The van der Waals surface area contributed by atoms with Crippen LogP contribution in [0, 0.1) is 5.82 Å². The van der Waals surface area contributed by atoms with Crippen LogP contribution in [0.4, 0.5) is 4.39 Å². The Balaban J connectivity index is 2.64. The molecule has 0 aliphatic carbocycles. The van der Waals surface area contributed by atoms with Crippen LogP contribution in [0.15, 0.2) is 22.7 Å². The lowest BCUT2D eigenvalue weighted by molar-refractivity contribution is 0.265. The molecular formula is C13H20BrFN2. The van der Waals surface area contributed by atoms with Crippen molar-refractivity contribution in [2.45, 2.75) is 26.3 Å². The van der Waals surface area contributed by atoms with E-state index in [1.807, 2.05) is 12.1 Å². The summed E-state index contributed by atoms with van der Waals surface area (Å²) >= 11 is 3.26. The molecule has 0 aliphatic heterocycles. The van der Waals surface area contributed by atoms with Crippen LogP contribution in [0.25, 0.3) is 0 Å².